The molecule has 1 atom stereocenters. The highest BCUT2D eigenvalue weighted by Crippen LogP contribution is 2.38. The monoisotopic (exact) mass is 405 g/mol. The maximum Gasteiger partial charge on any atom is 0.201 e. The second-order valence-corrected chi connectivity index (χ2v) is 8.74. The molecular formula is C20H27N3O4S. The van der Waals surface area contributed by atoms with Gasteiger partial charge in [0.2, 0.25) is 10.9 Å². The number of nitrogens with two attached hydrogens (primary N) is 1. The van der Waals surface area contributed by atoms with Crippen molar-refractivity contribution in [3.05, 3.63) is 41.7 Å². The van der Waals surface area contributed by atoms with Crippen molar-refractivity contribution in [1.82, 2.24) is 9.71 Å². The van der Waals surface area contributed by atoms with E-state index >= 15 is 0 Å². The average Bonchev–Trinajstić information content (AvgIpc) is 2.63. The van der Waals surface area contributed by atoms with Gasteiger partial charge in [-0.2, -0.15) is 0 Å². The second kappa shape index (κ2) is 8.46. The van der Waals surface area contributed by atoms with Gasteiger partial charge in [-0.1, -0.05) is 19.9 Å². The number of aromatic nitrogens is 1. The lowest BCUT2D eigenvalue weighted by Gasteiger charge is -2.27. The van der Waals surface area contributed by atoms with E-state index in [9.17, 15) is 8.42 Å². The fourth-order valence-electron chi connectivity index (χ4n) is 3.49. The Kier molecular flexibility index (Phi) is 6.22. The Bertz CT molecular complexity index is 918. The first kappa shape index (κ1) is 20.6. The molecule has 0 saturated carbocycles. The van der Waals surface area contributed by atoms with Crippen LogP contribution in [0.4, 0.5) is 0 Å². The van der Waals surface area contributed by atoms with Gasteiger partial charge in [0, 0.05) is 16.7 Å². The fraction of sp³-hybridized carbons (Fsp3) is 0.450. The Balaban J connectivity index is 1.77. The van der Waals surface area contributed by atoms with Crippen LogP contribution in [-0.2, 0) is 24.0 Å². The zero-order chi connectivity index (χ0) is 20.3. The molecule has 1 aromatic carbocycles. The molecule has 0 bridgehead atoms. The third kappa shape index (κ3) is 5.21. The van der Waals surface area contributed by atoms with Crippen molar-refractivity contribution in [2.24, 2.45) is 11.7 Å². The summed E-state index contributed by atoms with van der Waals surface area (Å²) >= 11 is 0. The second-order valence-electron chi connectivity index (χ2n) is 7.91. The van der Waals surface area contributed by atoms with Crippen molar-refractivity contribution >= 4 is 10.9 Å². The first-order valence-electron chi connectivity index (χ1n) is 9.28. The number of nitrogens with zero attached hydrogens (tertiary/aromatic N) is 1. The average molecular weight is 406 g/mol. The summed E-state index contributed by atoms with van der Waals surface area (Å²) in [6.45, 7) is 7.31. The number of benzene rings is 1. The molecule has 8 heteroatoms. The molecule has 0 saturated heterocycles. The van der Waals surface area contributed by atoms with Crippen LogP contribution < -0.4 is 19.9 Å². The molecule has 1 aromatic heterocycles. The summed E-state index contributed by atoms with van der Waals surface area (Å²) in [5.41, 5.74) is 9.50. The molecule has 0 aliphatic carbocycles. The lowest BCUT2D eigenvalue weighted by Crippen LogP contribution is -2.43. The molecule has 0 amide bonds. The Labute approximate surface area is 167 Å². The van der Waals surface area contributed by atoms with Gasteiger partial charge >= 0.3 is 0 Å². The van der Waals surface area contributed by atoms with Gasteiger partial charge in [0.15, 0.2) is 0 Å². The number of pyridine rings is 1. The van der Waals surface area contributed by atoms with Gasteiger partial charge in [0.1, 0.15) is 24.7 Å². The van der Waals surface area contributed by atoms with Crippen LogP contribution in [0.1, 0.15) is 38.4 Å². The quantitative estimate of drug-likeness (QED) is 0.583. The van der Waals surface area contributed by atoms with Gasteiger partial charge in [-0.25, -0.2) is 13.1 Å². The van der Waals surface area contributed by atoms with Crippen LogP contribution >= 0.6 is 0 Å². The van der Waals surface area contributed by atoms with Crippen LogP contribution in [0.5, 0.6) is 11.5 Å². The summed E-state index contributed by atoms with van der Waals surface area (Å²) in [5.74, 6) is 1.94. The minimum atomic E-state index is -2.66. The Hall–Kier alpha value is -2.16. The number of ether oxygens (including phenoxy) is 2. The van der Waals surface area contributed by atoms with E-state index in [1.807, 2.05) is 31.2 Å². The fourth-order valence-corrected chi connectivity index (χ4v) is 3.78. The smallest absolute Gasteiger partial charge is 0.201 e. The molecule has 0 radical (unpaired) electrons. The molecule has 0 spiro atoms. The van der Waals surface area contributed by atoms with Crippen molar-refractivity contribution in [3.63, 3.8) is 0 Å². The van der Waals surface area contributed by atoms with Gasteiger partial charge in [-0.05, 0) is 43.0 Å². The molecule has 7 nitrogen and oxygen atoms in total. The van der Waals surface area contributed by atoms with E-state index in [1.54, 1.807) is 6.20 Å². The molecular weight excluding hydrogens is 378 g/mol. The van der Waals surface area contributed by atoms with Gasteiger partial charge in [-0.15, -0.1) is 0 Å². The highest BCUT2D eigenvalue weighted by molar-refractivity contribution is 7.70. The SMILES string of the molecule is CC(C)C[C@](C)(N)COc1ccc2c(c1)COc1cnc(CN[SH](=O)=O)cc1-2. The lowest BCUT2D eigenvalue weighted by atomic mass is 9.93. The van der Waals surface area contributed by atoms with Gasteiger partial charge in [0.05, 0.1) is 18.4 Å². The standard InChI is InChI=1S/C20H27N3O4S/c1-13(2)8-20(3,21)12-27-16-4-5-17-14(6-16)11-26-19-10-22-15(7-18(17)19)9-23-28(24)25/h4-7,10,13,28H,8-9,11-12,21H2,1-3H3,(H,23,24,25)/t20-/m0/s1. The number of fused-ring (bicyclic) bond motifs is 3. The minimum Gasteiger partial charge on any atom is -0.492 e. The van der Waals surface area contributed by atoms with E-state index in [1.165, 1.54) is 0 Å². The molecule has 2 heterocycles. The molecule has 0 unspecified atom stereocenters. The number of rotatable bonds is 8. The maximum absolute atomic E-state index is 10.7. The molecule has 3 N–H and O–H groups in total. The predicted octanol–water partition coefficient (Wildman–Crippen LogP) is 2.40. The Morgan fingerprint density at radius 1 is 1.32 bits per heavy atom. The van der Waals surface area contributed by atoms with Crippen molar-refractivity contribution in [2.45, 2.75) is 45.9 Å². The number of hydrogen-bond donors (Lipinski definition) is 3. The summed E-state index contributed by atoms with van der Waals surface area (Å²) in [7, 11) is -2.66. The Morgan fingerprint density at radius 3 is 2.82 bits per heavy atom. The summed E-state index contributed by atoms with van der Waals surface area (Å²) < 4.78 is 35.6. The maximum atomic E-state index is 10.7. The van der Waals surface area contributed by atoms with E-state index in [0.29, 0.717) is 30.6 Å². The van der Waals surface area contributed by atoms with Gasteiger partial charge < -0.3 is 15.2 Å². The third-order valence-electron chi connectivity index (χ3n) is 4.51. The van der Waals surface area contributed by atoms with Crippen molar-refractivity contribution in [2.75, 3.05) is 6.61 Å². The van der Waals surface area contributed by atoms with E-state index < -0.39 is 10.9 Å². The summed E-state index contributed by atoms with van der Waals surface area (Å²) in [4.78, 5) is 4.24. The highest BCUT2D eigenvalue weighted by Gasteiger charge is 2.22. The number of nitrogens with one attached hydrogen (secondary N) is 1. The topological polar surface area (TPSA) is 104 Å². The van der Waals surface area contributed by atoms with Crippen molar-refractivity contribution in [1.29, 1.82) is 0 Å². The largest absolute Gasteiger partial charge is 0.492 e. The molecule has 3 rings (SSSR count). The van der Waals surface area contributed by atoms with E-state index in [0.717, 1.165) is 28.9 Å². The Morgan fingerprint density at radius 2 is 2.11 bits per heavy atom. The molecule has 28 heavy (non-hydrogen) atoms. The van der Waals surface area contributed by atoms with E-state index in [-0.39, 0.29) is 12.1 Å². The summed E-state index contributed by atoms with van der Waals surface area (Å²) in [6.07, 6.45) is 2.51. The zero-order valence-electron chi connectivity index (χ0n) is 16.4. The lowest BCUT2D eigenvalue weighted by molar-refractivity contribution is 0.206. The first-order valence-corrected chi connectivity index (χ1v) is 10.5. The third-order valence-corrected chi connectivity index (χ3v) is 4.92. The molecule has 1 aliphatic rings. The first-order chi connectivity index (χ1) is 13.2. The van der Waals surface area contributed by atoms with Crippen LogP contribution in [0.15, 0.2) is 30.5 Å². The van der Waals surface area contributed by atoms with E-state index in [4.69, 9.17) is 15.2 Å². The molecule has 0 fully saturated rings. The van der Waals surface area contributed by atoms with Crippen LogP contribution in [-0.4, -0.2) is 25.5 Å². The predicted molar refractivity (Wildman–Crippen MR) is 109 cm³/mol. The molecule has 1 aliphatic heterocycles. The number of thiol groups is 1. The van der Waals surface area contributed by atoms with Crippen molar-refractivity contribution < 1.29 is 17.9 Å². The number of hydrogen-bond acceptors (Lipinski definition) is 6. The summed E-state index contributed by atoms with van der Waals surface area (Å²) in [6, 6.07) is 7.73. The zero-order valence-corrected chi connectivity index (χ0v) is 17.3. The summed E-state index contributed by atoms with van der Waals surface area (Å²) in [5, 5.41) is 0. The van der Waals surface area contributed by atoms with E-state index in [2.05, 4.69) is 23.6 Å². The van der Waals surface area contributed by atoms with Crippen LogP contribution in [0.25, 0.3) is 11.1 Å². The molecule has 152 valence electrons. The van der Waals surface area contributed by atoms with Gasteiger partial charge in [0.25, 0.3) is 0 Å². The van der Waals surface area contributed by atoms with Crippen molar-refractivity contribution in [3.8, 4) is 22.6 Å². The molecule has 2 aromatic rings. The van der Waals surface area contributed by atoms with Crippen LogP contribution in [0.3, 0.4) is 0 Å². The normalized spacial score (nSPS) is 14.9. The van der Waals surface area contributed by atoms with Crippen LogP contribution in [0.2, 0.25) is 0 Å². The van der Waals surface area contributed by atoms with Crippen LogP contribution in [0, 0.1) is 5.92 Å². The minimum absolute atomic E-state index is 0.146. The highest BCUT2D eigenvalue weighted by atomic mass is 32.2. The van der Waals surface area contributed by atoms with Gasteiger partial charge in [-0.3, -0.25) is 4.98 Å².